The van der Waals surface area contributed by atoms with E-state index in [-0.39, 0.29) is 11.9 Å². The van der Waals surface area contributed by atoms with Crippen LogP contribution in [0.1, 0.15) is 43.7 Å². The number of benzene rings is 1. The van der Waals surface area contributed by atoms with Crippen molar-refractivity contribution in [2.45, 2.75) is 38.1 Å². The summed E-state index contributed by atoms with van der Waals surface area (Å²) >= 11 is 6.17. The zero-order valence-corrected chi connectivity index (χ0v) is 12.0. The lowest BCUT2D eigenvalue weighted by molar-refractivity contribution is 0.183. The molecule has 1 aliphatic rings. The van der Waals surface area contributed by atoms with Crippen LogP contribution in [0, 0.1) is 5.82 Å². The fourth-order valence-electron chi connectivity index (χ4n) is 2.83. The molecule has 1 heterocycles. The zero-order valence-electron chi connectivity index (χ0n) is 11.2. The predicted octanol–water partition coefficient (Wildman–Crippen LogP) is 3.75. The van der Waals surface area contributed by atoms with Gasteiger partial charge in [-0.2, -0.15) is 0 Å². The Morgan fingerprint density at radius 1 is 1.16 bits per heavy atom. The Kier molecular flexibility index (Phi) is 5.61. The molecule has 1 aromatic rings. The number of nitrogens with zero attached hydrogens (tertiary/aromatic N) is 1. The van der Waals surface area contributed by atoms with Gasteiger partial charge in [0, 0.05) is 17.6 Å². The second-order valence-electron chi connectivity index (χ2n) is 5.22. The highest BCUT2D eigenvalue weighted by Gasteiger charge is 2.21. The van der Waals surface area contributed by atoms with Crippen molar-refractivity contribution in [1.82, 2.24) is 4.90 Å². The molecule has 1 unspecified atom stereocenters. The average molecular weight is 285 g/mol. The molecule has 4 heteroatoms. The van der Waals surface area contributed by atoms with Gasteiger partial charge >= 0.3 is 0 Å². The second-order valence-corrected chi connectivity index (χ2v) is 5.63. The van der Waals surface area contributed by atoms with Crippen LogP contribution < -0.4 is 5.73 Å². The predicted molar refractivity (Wildman–Crippen MR) is 77.9 cm³/mol. The summed E-state index contributed by atoms with van der Waals surface area (Å²) in [4.78, 5) is 2.40. The molecular weight excluding hydrogens is 263 g/mol. The Labute approximate surface area is 119 Å². The minimum Gasteiger partial charge on any atom is -0.329 e. The van der Waals surface area contributed by atoms with E-state index in [2.05, 4.69) is 4.90 Å². The van der Waals surface area contributed by atoms with Crippen molar-refractivity contribution >= 4 is 11.6 Å². The van der Waals surface area contributed by atoms with Crippen molar-refractivity contribution in [2.24, 2.45) is 5.73 Å². The molecule has 0 saturated carbocycles. The smallest absolute Gasteiger partial charge is 0.124 e. The first kappa shape index (κ1) is 14.8. The molecule has 2 nitrogen and oxygen atoms in total. The quantitative estimate of drug-likeness (QED) is 0.916. The van der Waals surface area contributed by atoms with Crippen LogP contribution in [0.5, 0.6) is 0 Å². The van der Waals surface area contributed by atoms with Crippen molar-refractivity contribution < 1.29 is 4.39 Å². The van der Waals surface area contributed by atoms with Gasteiger partial charge in [-0.25, -0.2) is 4.39 Å². The molecule has 0 bridgehead atoms. The fourth-order valence-corrected chi connectivity index (χ4v) is 3.12. The molecular formula is C15H22ClFN2. The Balaban J connectivity index is 2.17. The number of likely N-dealkylation sites (tertiary alicyclic amines) is 1. The molecule has 1 saturated heterocycles. The van der Waals surface area contributed by atoms with E-state index in [1.807, 2.05) is 0 Å². The summed E-state index contributed by atoms with van der Waals surface area (Å²) in [5.74, 6) is -0.294. The van der Waals surface area contributed by atoms with Crippen LogP contribution in [0.4, 0.5) is 4.39 Å². The van der Waals surface area contributed by atoms with Crippen molar-refractivity contribution in [3.05, 3.63) is 34.6 Å². The van der Waals surface area contributed by atoms with Crippen LogP contribution in [0.15, 0.2) is 18.2 Å². The normalized spacial score (nSPS) is 19.7. The average Bonchev–Trinajstić information content (AvgIpc) is 2.34. The lowest BCUT2D eigenvalue weighted by Crippen LogP contribution is -2.36. The Hall–Kier alpha value is -0.640. The molecule has 0 spiro atoms. The summed E-state index contributed by atoms with van der Waals surface area (Å²) in [6.45, 7) is 2.62. The third-order valence-corrected chi connectivity index (χ3v) is 4.20. The van der Waals surface area contributed by atoms with Gasteiger partial charge in [-0.05, 0) is 43.6 Å². The molecule has 0 aromatic heterocycles. The number of hydrogen-bond acceptors (Lipinski definition) is 2. The molecule has 0 radical (unpaired) electrons. The standard InChI is InChI=1S/C15H22ClFN2/c16-14-10-12(17)6-7-13(14)15(11-18)19-8-4-2-1-3-5-9-19/h6-7,10,15H,1-5,8-9,11,18H2. The first-order valence-electron chi connectivity index (χ1n) is 7.11. The van der Waals surface area contributed by atoms with Gasteiger partial charge in [0.25, 0.3) is 0 Å². The number of hydrogen-bond donors (Lipinski definition) is 1. The van der Waals surface area contributed by atoms with Crippen molar-refractivity contribution in [3.8, 4) is 0 Å². The van der Waals surface area contributed by atoms with E-state index in [0.717, 1.165) is 18.7 Å². The number of rotatable bonds is 3. The van der Waals surface area contributed by atoms with Gasteiger partial charge in [-0.1, -0.05) is 36.9 Å². The third-order valence-electron chi connectivity index (χ3n) is 3.88. The molecule has 2 rings (SSSR count). The maximum absolute atomic E-state index is 13.1. The van der Waals surface area contributed by atoms with Crippen LogP contribution in [0.2, 0.25) is 5.02 Å². The van der Waals surface area contributed by atoms with Crippen molar-refractivity contribution in [2.75, 3.05) is 19.6 Å². The van der Waals surface area contributed by atoms with Gasteiger partial charge in [-0.3, -0.25) is 4.90 Å². The number of nitrogens with two attached hydrogens (primary N) is 1. The first-order valence-corrected chi connectivity index (χ1v) is 7.49. The van der Waals surface area contributed by atoms with E-state index < -0.39 is 0 Å². The van der Waals surface area contributed by atoms with E-state index in [0.29, 0.717) is 11.6 Å². The maximum Gasteiger partial charge on any atom is 0.124 e. The summed E-state index contributed by atoms with van der Waals surface area (Å²) in [7, 11) is 0. The van der Waals surface area contributed by atoms with Gasteiger partial charge in [0.2, 0.25) is 0 Å². The maximum atomic E-state index is 13.1. The summed E-state index contributed by atoms with van der Waals surface area (Å²) in [6, 6.07) is 4.72. The monoisotopic (exact) mass is 284 g/mol. The van der Waals surface area contributed by atoms with Gasteiger partial charge in [-0.15, -0.1) is 0 Å². The highest BCUT2D eigenvalue weighted by atomic mass is 35.5. The molecule has 106 valence electrons. The van der Waals surface area contributed by atoms with Crippen LogP contribution >= 0.6 is 11.6 Å². The lowest BCUT2D eigenvalue weighted by Gasteiger charge is -2.33. The number of halogens is 2. The van der Waals surface area contributed by atoms with Crippen molar-refractivity contribution in [1.29, 1.82) is 0 Å². The SMILES string of the molecule is NCC(c1ccc(F)cc1Cl)N1CCCCCCC1. The lowest BCUT2D eigenvalue weighted by atomic mass is 10.0. The van der Waals surface area contributed by atoms with Gasteiger partial charge in [0.1, 0.15) is 5.82 Å². The van der Waals surface area contributed by atoms with Crippen LogP contribution in [-0.4, -0.2) is 24.5 Å². The summed E-state index contributed by atoms with van der Waals surface area (Å²) in [5.41, 5.74) is 6.89. The Bertz CT molecular complexity index is 403. The van der Waals surface area contributed by atoms with Gasteiger partial charge in [0.05, 0.1) is 0 Å². The summed E-state index contributed by atoms with van der Waals surface area (Å²) < 4.78 is 13.1. The van der Waals surface area contributed by atoms with Crippen LogP contribution in [0.3, 0.4) is 0 Å². The van der Waals surface area contributed by atoms with E-state index in [1.165, 1.54) is 44.2 Å². The van der Waals surface area contributed by atoms with Crippen LogP contribution in [0.25, 0.3) is 0 Å². The van der Waals surface area contributed by atoms with E-state index >= 15 is 0 Å². The minimum absolute atomic E-state index is 0.103. The van der Waals surface area contributed by atoms with Gasteiger partial charge < -0.3 is 5.73 Å². The molecule has 19 heavy (non-hydrogen) atoms. The van der Waals surface area contributed by atoms with E-state index in [4.69, 9.17) is 17.3 Å². The minimum atomic E-state index is -0.294. The largest absolute Gasteiger partial charge is 0.329 e. The fraction of sp³-hybridized carbons (Fsp3) is 0.600. The second kappa shape index (κ2) is 7.22. The molecule has 1 aliphatic heterocycles. The van der Waals surface area contributed by atoms with E-state index in [9.17, 15) is 4.39 Å². The summed E-state index contributed by atoms with van der Waals surface area (Å²) in [5, 5.41) is 0.484. The highest BCUT2D eigenvalue weighted by molar-refractivity contribution is 6.31. The first-order chi connectivity index (χ1) is 9.22. The molecule has 1 aromatic carbocycles. The zero-order chi connectivity index (χ0) is 13.7. The van der Waals surface area contributed by atoms with Gasteiger partial charge in [0.15, 0.2) is 0 Å². The van der Waals surface area contributed by atoms with Crippen molar-refractivity contribution in [3.63, 3.8) is 0 Å². The van der Waals surface area contributed by atoms with E-state index in [1.54, 1.807) is 6.07 Å². The topological polar surface area (TPSA) is 29.3 Å². The third kappa shape index (κ3) is 3.91. The highest BCUT2D eigenvalue weighted by Crippen LogP contribution is 2.29. The molecule has 1 fully saturated rings. The molecule has 0 aliphatic carbocycles. The van der Waals surface area contributed by atoms with Crippen LogP contribution in [-0.2, 0) is 0 Å². The molecule has 0 amide bonds. The summed E-state index contributed by atoms with van der Waals surface area (Å²) in [6.07, 6.45) is 6.30. The molecule has 2 N–H and O–H groups in total. The Morgan fingerprint density at radius 2 is 1.79 bits per heavy atom. The Morgan fingerprint density at radius 3 is 2.37 bits per heavy atom. The molecule has 1 atom stereocenters.